The van der Waals surface area contributed by atoms with Crippen LogP contribution in [-0.2, 0) is 17.1 Å². The molecule has 0 saturated carbocycles. The van der Waals surface area contributed by atoms with E-state index in [0.29, 0.717) is 11.5 Å². The molecule has 0 saturated heterocycles. The van der Waals surface area contributed by atoms with Crippen LogP contribution in [0, 0.1) is 11.6 Å². The van der Waals surface area contributed by atoms with Crippen molar-refractivity contribution in [3.8, 4) is 0 Å². The van der Waals surface area contributed by atoms with Gasteiger partial charge in [-0.3, -0.25) is 4.79 Å². The number of aromatic nitrogens is 1. The fourth-order valence-corrected chi connectivity index (χ4v) is 4.77. The number of carbonyl (C=O) groups is 1. The number of fused-ring (bicyclic) bond motifs is 1. The molecule has 0 atom stereocenters. The number of amides is 1. The Morgan fingerprint density at radius 2 is 2.00 bits per heavy atom. The van der Waals surface area contributed by atoms with Crippen LogP contribution in [0.3, 0.4) is 0 Å². The van der Waals surface area contributed by atoms with Crippen molar-refractivity contribution >= 4 is 44.9 Å². The predicted molar refractivity (Wildman–Crippen MR) is 112 cm³/mol. The third kappa shape index (κ3) is 4.65. The van der Waals surface area contributed by atoms with E-state index in [9.17, 15) is 13.6 Å². The summed E-state index contributed by atoms with van der Waals surface area (Å²) in [6, 6.07) is 14.4. The number of hydrogen-bond donors (Lipinski definition) is 0. The van der Waals surface area contributed by atoms with E-state index in [1.807, 2.05) is 24.3 Å². The molecule has 0 N–H and O–H groups in total. The molecular formula is C21H16F2N2O2S2. The largest absolute Gasteiger partial charge is 0.467 e. The zero-order chi connectivity index (χ0) is 20.2. The highest BCUT2D eigenvalue weighted by Crippen LogP contribution is 2.27. The van der Waals surface area contributed by atoms with Crippen molar-refractivity contribution in [3.63, 3.8) is 0 Å². The van der Waals surface area contributed by atoms with Crippen LogP contribution in [0.4, 0.5) is 14.5 Å². The molecule has 0 radical (unpaired) electrons. The van der Waals surface area contributed by atoms with Crippen molar-refractivity contribution in [2.75, 3.05) is 10.7 Å². The molecule has 0 aliphatic carbocycles. The van der Waals surface area contributed by atoms with Crippen LogP contribution < -0.4 is 4.90 Å². The van der Waals surface area contributed by atoms with Crippen LogP contribution in [0.25, 0.3) is 10.2 Å². The Morgan fingerprint density at radius 3 is 2.76 bits per heavy atom. The van der Waals surface area contributed by atoms with Crippen LogP contribution >= 0.6 is 23.1 Å². The SMILES string of the molecule is O=C(CSCc1nc2ccccc2s1)N(Cc1ccco1)c1ccc(F)cc1F. The second-order valence-electron chi connectivity index (χ2n) is 6.22. The average Bonchev–Trinajstić information content (AvgIpc) is 3.35. The van der Waals surface area contributed by atoms with Crippen molar-refractivity contribution in [2.45, 2.75) is 12.3 Å². The fourth-order valence-electron chi connectivity index (χ4n) is 2.85. The fraction of sp³-hybridized carbons (Fsp3) is 0.143. The normalized spacial score (nSPS) is 11.1. The number of rotatable bonds is 7. The lowest BCUT2D eigenvalue weighted by atomic mass is 10.2. The minimum atomic E-state index is -0.791. The van der Waals surface area contributed by atoms with Crippen molar-refractivity contribution in [3.05, 3.63) is 83.3 Å². The van der Waals surface area contributed by atoms with E-state index in [-0.39, 0.29) is 23.9 Å². The Kier molecular flexibility index (Phi) is 5.92. The third-order valence-electron chi connectivity index (χ3n) is 4.18. The van der Waals surface area contributed by atoms with Crippen molar-refractivity contribution in [1.82, 2.24) is 4.98 Å². The zero-order valence-corrected chi connectivity index (χ0v) is 16.8. The molecule has 8 heteroatoms. The monoisotopic (exact) mass is 430 g/mol. The summed E-state index contributed by atoms with van der Waals surface area (Å²) in [6.07, 6.45) is 1.49. The predicted octanol–water partition coefficient (Wildman–Crippen LogP) is 5.63. The van der Waals surface area contributed by atoms with Crippen LogP contribution in [0.5, 0.6) is 0 Å². The number of para-hydroxylation sites is 1. The molecule has 0 aliphatic heterocycles. The van der Waals surface area contributed by atoms with Gasteiger partial charge in [0.25, 0.3) is 0 Å². The maximum absolute atomic E-state index is 14.3. The lowest BCUT2D eigenvalue weighted by molar-refractivity contribution is -0.116. The summed E-state index contributed by atoms with van der Waals surface area (Å²) in [6.45, 7) is 0.0656. The number of thioether (sulfide) groups is 1. The quantitative estimate of drug-likeness (QED) is 0.381. The van der Waals surface area contributed by atoms with Gasteiger partial charge in [-0.05, 0) is 36.4 Å². The summed E-state index contributed by atoms with van der Waals surface area (Å²) in [5.41, 5.74) is 0.959. The van der Waals surface area contributed by atoms with E-state index in [4.69, 9.17) is 4.42 Å². The number of nitrogens with zero attached hydrogens (tertiary/aromatic N) is 2. The Morgan fingerprint density at radius 1 is 1.14 bits per heavy atom. The van der Waals surface area contributed by atoms with Gasteiger partial charge in [-0.15, -0.1) is 23.1 Å². The molecule has 0 fully saturated rings. The summed E-state index contributed by atoms with van der Waals surface area (Å²) in [4.78, 5) is 18.7. The third-order valence-corrected chi connectivity index (χ3v) is 6.33. The van der Waals surface area contributed by atoms with E-state index in [2.05, 4.69) is 4.98 Å². The van der Waals surface area contributed by atoms with Gasteiger partial charge in [-0.25, -0.2) is 13.8 Å². The summed E-state index contributed by atoms with van der Waals surface area (Å²) in [5, 5.41) is 0.926. The van der Waals surface area contributed by atoms with Gasteiger partial charge in [-0.2, -0.15) is 0 Å². The molecule has 4 nitrogen and oxygen atoms in total. The molecule has 2 aromatic carbocycles. The number of carbonyl (C=O) groups excluding carboxylic acids is 1. The maximum Gasteiger partial charge on any atom is 0.237 e. The molecule has 0 unspecified atom stereocenters. The van der Waals surface area contributed by atoms with Gasteiger partial charge in [0.2, 0.25) is 5.91 Å². The number of hydrogen-bond acceptors (Lipinski definition) is 5. The summed E-state index contributed by atoms with van der Waals surface area (Å²) < 4.78 is 34.0. The molecule has 2 heterocycles. The van der Waals surface area contributed by atoms with Gasteiger partial charge in [0.15, 0.2) is 0 Å². The molecular weight excluding hydrogens is 414 g/mol. The second kappa shape index (κ2) is 8.75. The molecule has 4 rings (SSSR count). The summed E-state index contributed by atoms with van der Waals surface area (Å²) in [5.74, 6) is -0.557. The molecule has 2 aromatic heterocycles. The Balaban J connectivity index is 1.46. The number of benzene rings is 2. The topological polar surface area (TPSA) is 46.3 Å². The minimum Gasteiger partial charge on any atom is -0.467 e. The molecule has 1 amide bonds. The van der Waals surface area contributed by atoms with Crippen LogP contribution in [-0.4, -0.2) is 16.6 Å². The van der Waals surface area contributed by atoms with E-state index < -0.39 is 11.6 Å². The first-order valence-electron chi connectivity index (χ1n) is 8.80. The number of thiazole rings is 1. The van der Waals surface area contributed by atoms with Gasteiger partial charge in [0, 0.05) is 11.8 Å². The lowest BCUT2D eigenvalue weighted by Gasteiger charge is -2.22. The zero-order valence-electron chi connectivity index (χ0n) is 15.2. The lowest BCUT2D eigenvalue weighted by Crippen LogP contribution is -2.32. The van der Waals surface area contributed by atoms with E-state index in [1.54, 1.807) is 23.5 Å². The van der Waals surface area contributed by atoms with E-state index in [1.165, 1.54) is 29.0 Å². The first kappa shape index (κ1) is 19.6. The van der Waals surface area contributed by atoms with Crippen LogP contribution in [0.1, 0.15) is 10.8 Å². The Hall–Kier alpha value is -2.71. The summed E-state index contributed by atoms with van der Waals surface area (Å²) >= 11 is 2.99. The highest BCUT2D eigenvalue weighted by atomic mass is 32.2. The van der Waals surface area contributed by atoms with Crippen molar-refractivity contribution in [2.24, 2.45) is 0 Å². The minimum absolute atomic E-state index is 0.0217. The number of halogens is 2. The van der Waals surface area contributed by atoms with E-state index >= 15 is 0 Å². The highest BCUT2D eigenvalue weighted by Gasteiger charge is 2.21. The number of furan rings is 1. The standard InChI is InChI=1S/C21H16F2N2O2S2/c22-14-7-8-18(16(23)10-14)25(11-15-4-3-9-27-15)21(26)13-28-12-20-24-17-5-1-2-6-19(17)29-20/h1-10H,11-13H2. The summed E-state index contributed by atoms with van der Waals surface area (Å²) in [7, 11) is 0. The van der Waals surface area contributed by atoms with E-state index in [0.717, 1.165) is 27.4 Å². The first-order valence-corrected chi connectivity index (χ1v) is 10.8. The van der Waals surface area contributed by atoms with Crippen LogP contribution in [0.2, 0.25) is 0 Å². The van der Waals surface area contributed by atoms with Crippen LogP contribution in [0.15, 0.2) is 65.3 Å². The molecule has 148 valence electrons. The van der Waals surface area contributed by atoms with Gasteiger partial charge >= 0.3 is 0 Å². The molecule has 0 spiro atoms. The van der Waals surface area contributed by atoms with Gasteiger partial charge in [0.05, 0.1) is 34.5 Å². The molecule has 0 bridgehead atoms. The number of anilines is 1. The van der Waals surface area contributed by atoms with Gasteiger partial charge in [-0.1, -0.05) is 12.1 Å². The van der Waals surface area contributed by atoms with Crippen molar-refractivity contribution < 1.29 is 18.0 Å². The van der Waals surface area contributed by atoms with Crippen molar-refractivity contribution in [1.29, 1.82) is 0 Å². The average molecular weight is 431 g/mol. The van der Waals surface area contributed by atoms with Gasteiger partial charge in [0.1, 0.15) is 22.4 Å². The maximum atomic E-state index is 14.3. The second-order valence-corrected chi connectivity index (χ2v) is 8.32. The van der Waals surface area contributed by atoms with Gasteiger partial charge < -0.3 is 9.32 Å². The Bertz CT molecular complexity index is 1100. The highest BCUT2D eigenvalue weighted by molar-refractivity contribution is 7.99. The Labute approximate surface area is 174 Å². The smallest absolute Gasteiger partial charge is 0.237 e. The molecule has 29 heavy (non-hydrogen) atoms. The molecule has 4 aromatic rings. The first-order chi connectivity index (χ1) is 14.1. The molecule has 0 aliphatic rings.